The summed E-state index contributed by atoms with van der Waals surface area (Å²) in [5.41, 5.74) is 1.00. The van der Waals surface area contributed by atoms with Crippen LogP contribution in [0.2, 0.25) is 0 Å². The minimum absolute atomic E-state index is 0.00254. The normalized spacial score (nSPS) is 26.7. The molecule has 2 aromatic heterocycles. The van der Waals surface area contributed by atoms with E-state index >= 15 is 0 Å². The van der Waals surface area contributed by atoms with Crippen molar-refractivity contribution in [2.45, 2.75) is 37.6 Å². The number of rotatable bonds is 5. The molecule has 0 radical (unpaired) electrons. The molecule has 0 spiro atoms. The van der Waals surface area contributed by atoms with Crippen LogP contribution in [0.15, 0.2) is 36.7 Å². The van der Waals surface area contributed by atoms with Gasteiger partial charge in [-0.1, -0.05) is 6.07 Å². The van der Waals surface area contributed by atoms with E-state index in [0.29, 0.717) is 22.6 Å². The molecule has 1 saturated carbocycles. The number of benzene rings is 1. The van der Waals surface area contributed by atoms with Crippen molar-refractivity contribution in [1.82, 2.24) is 30.5 Å². The Labute approximate surface area is 184 Å². The van der Waals surface area contributed by atoms with Crippen LogP contribution in [0.4, 0.5) is 4.39 Å². The largest absolute Gasteiger partial charge is 0.507 e. The lowest BCUT2D eigenvalue weighted by Gasteiger charge is -2.51. The molecule has 3 fully saturated rings. The number of aromatic nitrogens is 5. The molecule has 2 aliphatic heterocycles. The van der Waals surface area contributed by atoms with Crippen molar-refractivity contribution in [1.29, 1.82) is 0 Å². The fourth-order valence-electron chi connectivity index (χ4n) is 4.39. The summed E-state index contributed by atoms with van der Waals surface area (Å²) in [6.07, 6.45) is 1.41. The van der Waals surface area contributed by atoms with Crippen LogP contribution in [0.5, 0.6) is 17.6 Å². The van der Waals surface area contributed by atoms with Gasteiger partial charge >= 0.3 is 6.01 Å². The number of fused-ring (bicyclic) bond motifs is 3. The Hall–Kier alpha value is -3.40. The highest BCUT2D eigenvalue weighted by molar-refractivity contribution is 5.71. The lowest BCUT2D eigenvalue weighted by Crippen LogP contribution is -2.68. The summed E-state index contributed by atoms with van der Waals surface area (Å²) in [5.74, 6) is 0.751. The minimum Gasteiger partial charge on any atom is -0.507 e. The molecule has 9 nitrogen and oxygen atoms in total. The van der Waals surface area contributed by atoms with Crippen molar-refractivity contribution in [3.05, 3.63) is 36.7 Å². The number of ether oxygens (including phenoxy) is 2. The van der Waals surface area contributed by atoms with Gasteiger partial charge < -0.3 is 19.9 Å². The first-order chi connectivity index (χ1) is 15.5. The Kier molecular flexibility index (Phi) is 5.09. The number of halogens is 1. The number of phenolic OH excluding ortho intramolecular Hbond substituents is 1. The maximum absolute atomic E-state index is 14.9. The molecule has 3 aliphatic rings. The number of alkyl halides is 1. The van der Waals surface area contributed by atoms with E-state index in [-0.39, 0.29) is 23.6 Å². The van der Waals surface area contributed by atoms with Crippen LogP contribution in [0, 0.1) is 5.92 Å². The Morgan fingerprint density at radius 3 is 2.75 bits per heavy atom. The zero-order chi connectivity index (χ0) is 22.3. The van der Waals surface area contributed by atoms with Gasteiger partial charge in [-0.15, -0.1) is 10.2 Å². The predicted octanol–water partition coefficient (Wildman–Crippen LogP) is 2.57. The van der Waals surface area contributed by atoms with Crippen LogP contribution in [0.1, 0.15) is 19.8 Å². The van der Waals surface area contributed by atoms with Gasteiger partial charge in [0.2, 0.25) is 5.88 Å². The Morgan fingerprint density at radius 2 is 2.06 bits per heavy atom. The second kappa shape index (κ2) is 7.94. The summed E-state index contributed by atoms with van der Waals surface area (Å²) in [5, 5.41) is 22.1. The summed E-state index contributed by atoms with van der Waals surface area (Å²) >= 11 is 0. The molecule has 6 rings (SSSR count). The Morgan fingerprint density at radius 1 is 1.19 bits per heavy atom. The van der Waals surface area contributed by atoms with Crippen molar-refractivity contribution >= 4 is 0 Å². The van der Waals surface area contributed by atoms with Gasteiger partial charge in [-0.3, -0.25) is 0 Å². The molecule has 1 unspecified atom stereocenters. The molecule has 2 N–H and O–H groups in total. The second-order valence-corrected chi connectivity index (χ2v) is 8.37. The van der Waals surface area contributed by atoms with Crippen LogP contribution in [0.25, 0.3) is 22.6 Å². The zero-order valence-electron chi connectivity index (χ0n) is 17.7. The van der Waals surface area contributed by atoms with Gasteiger partial charge in [-0.2, -0.15) is 9.97 Å². The quantitative estimate of drug-likeness (QED) is 0.620. The molecule has 32 heavy (non-hydrogen) atoms. The first-order valence-electron chi connectivity index (χ1n) is 10.4. The van der Waals surface area contributed by atoms with Crippen molar-refractivity contribution in [2.75, 3.05) is 13.7 Å². The zero-order valence-corrected chi connectivity index (χ0v) is 17.7. The fourth-order valence-corrected chi connectivity index (χ4v) is 4.39. The minimum atomic E-state index is -1.11. The van der Waals surface area contributed by atoms with E-state index in [2.05, 4.69) is 30.5 Å². The third kappa shape index (κ3) is 3.60. The monoisotopic (exact) mass is 438 g/mol. The molecule has 2 saturated heterocycles. The molecule has 4 atom stereocenters. The molecule has 2 bridgehead atoms. The highest BCUT2D eigenvalue weighted by Crippen LogP contribution is 2.40. The van der Waals surface area contributed by atoms with E-state index in [4.69, 9.17) is 9.47 Å². The van der Waals surface area contributed by atoms with E-state index in [0.717, 1.165) is 19.4 Å². The Balaban J connectivity index is 1.34. The number of phenols is 1. The number of aromatic hydroxyl groups is 1. The smallest absolute Gasteiger partial charge is 0.319 e. The number of nitrogens with zero attached hydrogens (tertiary/aromatic N) is 5. The van der Waals surface area contributed by atoms with Crippen LogP contribution in [-0.2, 0) is 0 Å². The summed E-state index contributed by atoms with van der Waals surface area (Å²) in [4.78, 5) is 12.1. The molecule has 10 heteroatoms. The van der Waals surface area contributed by atoms with Crippen LogP contribution >= 0.6 is 0 Å². The standard InChI is InChI=1S/C22H23FN6O3/c1-22-8-7-13(10-26-22)18(19(22)23)32-17-6-5-15(28-29-17)14-4-3-12(9-16(14)30)20-24-11-25-21(27-20)31-2/h3-6,9,11,13,18-19,26,30H,7-8,10H2,1-2H3/t13?,18-,19-,22-/m0/s1. The van der Waals surface area contributed by atoms with E-state index < -0.39 is 17.8 Å². The van der Waals surface area contributed by atoms with Crippen molar-refractivity contribution in [3.63, 3.8) is 0 Å². The van der Waals surface area contributed by atoms with Crippen molar-refractivity contribution in [3.8, 4) is 40.3 Å². The molecule has 166 valence electrons. The van der Waals surface area contributed by atoms with E-state index in [9.17, 15) is 9.50 Å². The molecule has 1 aliphatic carbocycles. The number of nitrogens with one attached hydrogen (secondary N) is 1. The molecular formula is C22H23FN6O3. The van der Waals surface area contributed by atoms with Gasteiger partial charge in [0.05, 0.1) is 18.3 Å². The molecule has 0 amide bonds. The number of methoxy groups -OCH3 is 1. The number of hydrogen-bond donors (Lipinski definition) is 2. The van der Waals surface area contributed by atoms with Gasteiger partial charge in [0.15, 0.2) is 12.0 Å². The van der Waals surface area contributed by atoms with Crippen molar-refractivity contribution in [2.24, 2.45) is 5.92 Å². The maximum Gasteiger partial charge on any atom is 0.319 e. The van der Waals surface area contributed by atoms with Gasteiger partial charge in [0.25, 0.3) is 0 Å². The van der Waals surface area contributed by atoms with Gasteiger partial charge in [-0.05, 0) is 38.0 Å². The third-order valence-electron chi connectivity index (χ3n) is 6.33. The highest BCUT2D eigenvalue weighted by atomic mass is 19.1. The summed E-state index contributed by atoms with van der Waals surface area (Å²) < 4.78 is 25.9. The number of piperidine rings is 2. The molecule has 1 aromatic carbocycles. The number of hydrogen-bond acceptors (Lipinski definition) is 9. The average Bonchev–Trinajstić information content (AvgIpc) is 2.82. The molecule has 4 heterocycles. The SMILES string of the molecule is COc1ncnc(-c2ccc(-c3ccc(O[C@H]4C5CC[C@](C)(NC5)[C@H]4F)nn3)c(O)c2)n1. The van der Waals surface area contributed by atoms with Crippen LogP contribution in [-0.4, -0.2) is 61.7 Å². The first kappa shape index (κ1) is 20.5. The van der Waals surface area contributed by atoms with Gasteiger partial charge in [0.1, 0.15) is 18.2 Å². The molecular weight excluding hydrogens is 415 g/mol. The van der Waals surface area contributed by atoms with Crippen LogP contribution in [0.3, 0.4) is 0 Å². The van der Waals surface area contributed by atoms with Gasteiger partial charge in [0, 0.05) is 29.7 Å². The summed E-state index contributed by atoms with van der Waals surface area (Å²) in [7, 11) is 1.47. The van der Waals surface area contributed by atoms with E-state index in [1.807, 2.05) is 6.92 Å². The van der Waals surface area contributed by atoms with E-state index in [1.54, 1.807) is 24.3 Å². The Bertz CT molecular complexity index is 1120. The predicted molar refractivity (Wildman–Crippen MR) is 113 cm³/mol. The second-order valence-electron chi connectivity index (χ2n) is 8.37. The molecule has 3 aromatic rings. The highest BCUT2D eigenvalue weighted by Gasteiger charge is 2.52. The lowest BCUT2D eigenvalue weighted by atomic mass is 9.70. The van der Waals surface area contributed by atoms with E-state index in [1.165, 1.54) is 19.5 Å². The maximum atomic E-state index is 14.9. The lowest BCUT2D eigenvalue weighted by molar-refractivity contribution is -0.0729. The average molecular weight is 438 g/mol. The van der Waals surface area contributed by atoms with Crippen LogP contribution < -0.4 is 14.8 Å². The topological polar surface area (TPSA) is 115 Å². The van der Waals surface area contributed by atoms with Gasteiger partial charge in [-0.25, -0.2) is 9.37 Å². The van der Waals surface area contributed by atoms with Crippen molar-refractivity contribution < 1.29 is 19.0 Å². The summed E-state index contributed by atoms with van der Waals surface area (Å²) in [6.45, 7) is 2.64. The first-order valence-corrected chi connectivity index (χ1v) is 10.4. The third-order valence-corrected chi connectivity index (χ3v) is 6.33. The fraction of sp³-hybridized carbons (Fsp3) is 0.409. The summed E-state index contributed by atoms with van der Waals surface area (Å²) in [6, 6.07) is 8.53.